The number of hydrogen-bond donors (Lipinski definition) is 2. The maximum atomic E-state index is 12.1. The zero-order valence-corrected chi connectivity index (χ0v) is 11.5. The third kappa shape index (κ3) is 2.96. The van der Waals surface area contributed by atoms with Gasteiger partial charge in [-0.15, -0.1) is 0 Å². The molecule has 1 amide bonds. The molecule has 0 fully saturated rings. The topological polar surface area (TPSA) is 66.4 Å². The minimum absolute atomic E-state index is 0.0324. The highest BCUT2D eigenvalue weighted by molar-refractivity contribution is 6.08. The highest BCUT2D eigenvalue weighted by atomic mass is 16.4. The molecule has 0 bridgehead atoms. The number of aromatic carboxylic acids is 1. The van der Waals surface area contributed by atoms with E-state index in [1.807, 2.05) is 38.1 Å². The van der Waals surface area contributed by atoms with E-state index < -0.39 is 5.97 Å². The summed E-state index contributed by atoms with van der Waals surface area (Å²) >= 11 is 0. The molecule has 0 aromatic heterocycles. The van der Waals surface area contributed by atoms with Crippen molar-refractivity contribution in [2.45, 2.75) is 13.8 Å². The summed E-state index contributed by atoms with van der Waals surface area (Å²) < 4.78 is 0. The third-order valence-electron chi connectivity index (χ3n) is 3.03. The predicted octanol–water partition coefficient (Wildman–Crippen LogP) is 2.92. The zero-order valence-electron chi connectivity index (χ0n) is 11.5. The van der Waals surface area contributed by atoms with Gasteiger partial charge in [0.2, 0.25) is 0 Å². The molecule has 104 valence electrons. The van der Waals surface area contributed by atoms with E-state index in [0.717, 1.165) is 10.8 Å². The molecule has 0 aliphatic rings. The molecule has 0 heterocycles. The summed E-state index contributed by atoms with van der Waals surface area (Å²) in [6.07, 6.45) is 0. The number of amides is 1. The van der Waals surface area contributed by atoms with Crippen molar-refractivity contribution in [3.05, 3.63) is 47.5 Å². The molecule has 0 unspecified atom stereocenters. The first-order valence-electron chi connectivity index (χ1n) is 6.53. The molecular formula is C16H17NO3. The lowest BCUT2D eigenvalue weighted by Crippen LogP contribution is -2.28. The summed E-state index contributed by atoms with van der Waals surface area (Å²) in [5.41, 5.74) is 0.238. The molecule has 0 aliphatic heterocycles. The lowest BCUT2D eigenvalue weighted by atomic mass is 10.00. The van der Waals surface area contributed by atoms with E-state index >= 15 is 0 Å². The second-order valence-electron chi connectivity index (χ2n) is 5.15. The van der Waals surface area contributed by atoms with Crippen LogP contribution in [0.15, 0.2) is 36.4 Å². The Morgan fingerprint density at radius 3 is 2.15 bits per heavy atom. The maximum Gasteiger partial charge on any atom is 0.336 e. The number of fused-ring (bicyclic) bond motifs is 1. The van der Waals surface area contributed by atoms with Crippen LogP contribution in [0.5, 0.6) is 0 Å². The highest BCUT2D eigenvalue weighted by Gasteiger charge is 2.17. The summed E-state index contributed by atoms with van der Waals surface area (Å²) in [6.45, 7) is 4.49. The Kier molecular flexibility index (Phi) is 4.03. The van der Waals surface area contributed by atoms with Crippen molar-refractivity contribution in [3.8, 4) is 0 Å². The third-order valence-corrected chi connectivity index (χ3v) is 3.03. The number of benzene rings is 2. The van der Waals surface area contributed by atoms with Crippen LogP contribution in [0.4, 0.5) is 0 Å². The Morgan fingerprint density at radius 2 is 1.65 bits per heavy atom. The quantitative estimate of drug-likeness (QED) is 0.898. The summed E-state index contributed by atoms with van der Waals surface area (Å²) in [4.78, 5) is 23.5. The van der Waals surface area contributed by atoms with E-state index in [4.69, 9.17) is 0 Å². The monoisotopic (exact) mass is 271 g/mol. The van der Waals surface area contributed by atoms with Gasteiger partial charge in [0.05, 0.1) is 11.1 Å². The summed E-state index contributed by atoms with van der Waals surface area (Å²) in [5, 5.41) is 13.7. The number of hydrogen-bond acceptors (Lipinski definition) is 2. The molecule has 0 saturated heterocycles. The van der Waals surface area contributed by atoms with E-state index in [-0.39, 0.29) is 17.0 Å². The number of carboxylic acids is 1. The minimum atomic E-state index is -1.09. The van der Waals surface area contributed by atoms with Crippen molar-refractivity contribution in [2.75, 3.05) is 6.54 Å². The normalized spacial score (nSPS) is 10.8. The van der Waals surface area contributed by atoms with Gasteiger partial charge in [0, 0.05) is 6.54 Å². The highest BCUT2D eigenvalue weighted by Crippen LogP contribution is 2.20. The Balaban J connectivity index is 2.46. The first-order chi connectivity index (χ1) is 9.49. The van der Waals surface area contributed by atoms with Crippen LogP contribution in [-0.2, 0) is 0 Å². The number of nitrogens with one attached hydrogen (secondary N) is 1. The molecule has 2 aromatic carbocycles. The second kappa shape index (κ2) is 5.74. The molecule has 0 spiro atoms. The molecule has 0 atom stereocenters. The number of carbonyl (C=O) groups is 2. The van der Waals surface area contributed by atoms with Gasteiger partial charge in [-0.1, -0.05) is 38.1 Å². The largest absolute Gasteiger partial charge is 0.478 e. The molecule has 4 nitrogen and oxygen atoms in total. The zero-order chi connectivity index (χ0) is 14.7. The minimum Gasteiger partial charge on any atom is -0.478 e. The van der Waals surface area contributed by atoms with Crippen LogP contribution in [0.2, 0.25) is 0 Å². The van der Waals surface area contributed by atoms with Crippen molar-refractivity contribution in [1.29, 1.82) is 0 Å². The van der Waals surface area contributed by atoms with Crippen LogP contribution in [0.1, 0.15) is 34.6 Å². The van der Waals surface area contributed by atoms with Crippen LogP contribution in [0, 0.1) is 5.92 Å². The first kappa shape index (κ1) is 14.1. The van der Waals surface area contributed by atoms with E-state index in [9.17, 15) is 14.7 Å². The summed E-state index contributed by atoms with van der Waals surface area (Å²) in [6, 6.07) is 10.6. The van der Waals surface area contributed by atoms with Crippen molar-refractivity contribution in [3.63, 3.8) is 0 Å². The maximum absolute atomic E-state index is 12.1. The average Bonchev–Trinajstić information content (AvgIpc) is 2.43. The Labute approximate surface area is 117 Å². The van der Waals surface area contributed by atoms with Crippen LogP contribution < -0.4 is 5.32 Å². The van der Waals surface area contributed by atoms with Gasteiger partial charge in [-0.05, 0) is 28.8 Å². The van der Waals surface area contributed by atoms with Crippen molar-refractivity contribution in [2.24, 2.45) is 5.92 Å². The van der Waals surface area contributed by atoms with Crippen molar-refractivity contribution >= 4 is 22.6 Å². The number of rotatable bonds is 4. The Bertz CT molecular complexity index is 662. The molecule has 2 N–H and O–H groups in total. The Morgan fingerprint density at radius 1 is 1.10 bits per heavy atom. The molecule has 2 rings (SSSR count). The average molecular weight is 271 g/mol. The van der Waals surface area contributed by atoms with Gasteiger partial charge in [0.15, 0.2) is 0 Å². The summed E-state index contributed by atoms with van der Waals surface area (Å²) in [7, 11) is 0. The van der Waals surface area contributed by atoms with Gasteiger partial charge in [-0.25, -0.2) is 4.79 Å². The molecule has 2 aromatic rings. The van der Waals surface area contributed by atoms with Crippen molar-refractivity contribution < 1.29 is 14.7 Å². The van der Waals surface area contributed by atoms with Crippen LogP contribution in [-0.4, -0.2) is 23.5 Å². The molecule has 4 heteroatoms. The fourth-order valence-corrected chi connectivity index (χ4v) is 2.00. The van der Waals surface area contributed by atoms with Crippen LogP contribution >= 0.6 is 0 Å². The van der Waals surface area contributed by atoms with Gasteiger partial charge in [0.25, 0.3) is 5.91 Å². The second-order valence-corrected chi connectivity index (χ2v) is 5.15. The fourth-order valence-electron chi connectivity index (χ4n) is 2.00. The molecule has 0 radical (unpaired) electrons. The van der Waals surface area contributed by atoms with Crippen LogP contribution in [0.25, 0.3) is 10.8 Å². The lowest BCUT2D eigenvalue weighted by Gasteiger charge is -2.11. The molecule has 0 saturated carbocycles. The van der Waals surface area contributed by atoms with Crippen LogP contribution in [0.3, 0.4) is 0 Å². The van der Waals surface area contributed by atoms with Gasteiger partial charge in [-0.3, -0.25) is 4.79 Å². The lowest BCUT2D eigenvalue weighted by molar-refractivity contribution is 0.0691. The van der Waals surface area contributed by atoms with E-state index in [2.05, 4.69) is 5.32 Å². The van der Waals surface area contributed by atoms with E-state index in [0.29, 0.717) is 12.5 Å². The van der Waals surface area contributed by atoms with Gasteiger partial charge in [0.1, 0.15) is 0 Å². The number of carboxylic acid groups (broad SMARTS) is 1. The standard InChI is InChI=1S/C16H17NO3/c1-10(2)9-17-15(18)13-7-11-5-3-4-6-12(11)8-14(13)16(19)20/h3-8,10H,9H2,1-2H3,(H,17,18)(H,19,20). The first-order valence-corrected chi connectivity index (χ1v) is 6.53. The molecular weight excluding hydrogens is 254 g/mol. The smallest absolute Gasteiger partial charge is 0.336 e. The summed E-state index contributed by atoms with van der Waals surface area (Å²) in [5.74, 6) is -1.13. The molecule has 20 heavy (non-hydrogen) atoms. The van der Waals surface area contributed by atoms with Gasteiger partial charge < -0.3 is 10.4 Å². The van der Waals surface area contributed by atoms with E-state index in [1.54, 1.807) is 12.1 Å². The molecule has 0 aliphatic carbocycles. The predicted molar refractivity (Wildman–Crippen MR) is 78.1 cm³/mol. The number of carbonyl (C=O) groups excluding carboxylic acids is 1. The van der Waals surface area contributed by atoms with Gasteiger partial charge >= 0.3 is 5.97 Å². The Hall–Kier alpha value is -2.36. The SMILES string of the molecule is CC(C)CNC(=O)c1cc2ccccc2cc1C(=O)O. The fraction of sp³-hybridized carbons (Fsp3) is 0.250. The van der Waals surface area contributed by atoms with E-state index in [1.165, 1.54) is 0 Å². The van der Waals surface area contributed by atoms with Crippen molar-refractivity contribution in [1.82, 2.24) is 5.32 Å². The van der Waals surface area contributed by atoms with Gasteiger partial charge in [-0.2, -0.15) is 0 Å².